The van der Waals surface area contributed by atoms with Crippen LogP contribution in [0.4, 0.5) is 4.39 Å². The van der Waals surface area contributed by atoms with E-state index in [1.54, 1.807) is 13.0 Å². The molecule has 122 valence electrons. The second-order valence-corrected chi connectivity index (χ2v) is 6.31. The van der Waals surface area contributed by atoms with Gasteiger partial charge in [0.05, 0.1) is 12.3 Å². The van der Waals surface area contributed by atoms with Crippen LogP contribution in [0.3, 0.4) is 0 Å². The fraction of sp³-hybridized carbons (Fsp3) is 0.400. The summed E-state index contributed by atoms with van der Waals surface area (Å²) in [7, 11) is 0. The Labute approximate surface area is 137 Å². The Morgan fingerprint density at radius 1 is 1.52 bits per heavy atom. The highest BCUT2D eigenvalue weighted by Gasteiger charge is 2.42. The van der Waals surface area contributed by atoms with Crippen LogP contribution in [0.5, 0.6) is 0 Å². The SMILES string of the molecule is Cc1c(C(=O)NCC2(CO)CC2)nnn1-c1ccc(Cl)cc1F. The summed E-state index contributed by atoms with van der Waals surface area (Å²) >= 11 is 5.73. The molecule has 0 bridgehead atoms. The maximum Gasteiger partial charge on any atom is 0.273 e. The van der Waals surface area contributed by atoms with Crippen molar-refractivity contribution in [3.63, 3.8) is 0 Å². The first-order chi connectivity index (χ1) is 11.0. The zero-order valence-electron chi connectivity index (χ0n) is 12.5. The molecule has 0 radical (unpaired) electrons. The first-order valence-corrected chi connectivity index (χ1v) is 7.60. The summed E-state index contributed by atoms with van der Waals surface area (Å²) in [6.45, 7) is 2.08. The molecule has 23 heavy (non-hydrogen) atoms. The van der Waals surface area contributed by atoms with Gasteiger partial charge in [-0.2, -0.15) is 0 Å². The van der Waals surface area contributed by atoms with Crippen LogP contribution in [0.1, 0.15) is 29.0 Å². The molecule has 1 amide bonds. The number of nitrogens with one attached hydrogen (secondary N) is 1. The normalized spacial score (nSPS) is 15.5. The Morgan fingerprint density at radius 2 is 2.26 bits per heavy atom. The van der Waals surface area contributed by atoms with E-state index in [1.165, 1.54) is 16.8 Å². The average Bonchev–Trinajstić information content (AvgIpc) is 3.22. The van der Waals surface area contributed by atoms with E-state index < -0.39 is 5.82 Å². The largest absolute Gasteiger partial charge is 0.396 e. The van der Waals surface area contributed by atoms with E-state index >= 15 is 0 Å². The summed E-state index contributed by atoms with van der Waals surface area (Å²) in [5.74, 6) is -0.933. The number of halogens is 2. The molecule has 8 heteroatoms. The first kappa shape index (κ1) is 15.9. The molecular weight excluding hydrogens is 323 g/mol. The number of carbonyl (C=O) groups is 1. The second-order valence-electron chi connectivity index (χ2n) is 5.87. The van der Waals surface area contributed by atoms with Crippen LogP contribution in [0, 0.1) is 18.2 Å². The lowest BCUT2D eigenvalue weighted by Gasteiger charge is -2.12. The van der Waals surface area contributed by atoms with Crippen molar-refractivity contribution in [2.24, 2.45) is 5.41 Å². The van der Waals surface area contributed by atoms with E-state index in [9.17, 15) is 14.3 Å². The minimum Gasteiger partial charge on any atom is -0.396 e. The van der Waals surface area contributed by atoms with Gasteiger partial charge in [-0.1, -0.05) is 16.8 Å². The molecule has 2 aromatic rings. The number of amides is 1. The van der Waals surface area contributed by atoms with Gasteiger partial charge < -0.3 is 10.4 Å². The molecule has 0 unspecified atom stereocenters. The molecule has 1 fully saturated rings. The van der Waals surface area contributed by atoms with Crippen LogP contribution in [0.2, 0.25) is 5.02 Å². The van der Waals surface area contributed by atoms with Crippen molar-refractivity contribution in [1.82, 2.24) is 20.3 Å². The molecule has 1 aliphatic carbocycles. The van der Waals surface area contributed by atoms with Crippen molar-refractivity contribution in [1.29, 1.82) is 0 Å². The van der Waals surface area contributed by atoms with Gasteiger partial charge in [0.1, 0.15) is 11.5 Å². The molecule has 3 rings (SSSR count). The Morgan fingerprint density at radius 3 is 2.87 bits per heavy atom. The summed E-state index contributed by atoms with van der Waals surface area (Å²) < 4.78 is 15.2. The van der Waals surface area contributed by atoms with Gasteiger partial charge in [0.2, 0.25) is 0 Å². The maximum atomic E-state index is 14.0. The molecule has 0 atom stereocenters. The van der Waals surface area contributed by atoms with Crippen molar-refractivity contribution in [3.8, 4) is 5.69 Å². The van der Waals surface area contributed by atoms with E-state index in [4.69, 9.17) is 11.6 Å². The third kappa shape index (κ3) is 3.07. The predicted molar refractivity (Wildman–Crippen MR) is 82.2 cm³/mol. The first-order valence-electron chi connectivity index (χ1n) is 7.22. The van der Waals surface area contributed by atoms with Crippen molar-refractivity contribution in [2.45, 2.75) is 19.8 Å². The minimum absolute atomic E-state index is 0.0505. The van der Waals surface area contributed by atoms with Gasteiger partial charge in [-0.3, -0.25) is 4.79 Å². The Bertz CT molecular complexity index is 758. The number of nitrogens with zero attached hydrogens (tertiary/aromatic N) is 3. The van der Waals surface area contributed by atoms with Gasteiger partial charge >= 0.3 is 0 Å². The van der Waals surface area contributed by atoms with Crippen LogP contribution >= 0.6 is 11.6 Å². The summed E-state index contributed by atoms with van der Waals surface area (Å²) in [6.07, 6.45) is 1.79. The van der Waals surface area contributed by atoms with E-state index in [-0.39, 0.29) is 34.3 Å². The fourth-order valence-electron chi connectivity index (χ4n) is 2.34. The zero-order chi connectivity index (χ0) is 16.6. The van der Waals surface area contributed by atoms with Gasteiger partial charge in [-0.25, -0.2) is 9.07 Å². The number of aliphatic hydroxyl groups is 1. The lowest BCUT2D eigenvalue weighted by Crippen LogP contribution is -2.32. The minimum atomic E-state index is -0.547. The highest BCUT2D eigenvalue weighted by atomic mass is 35.5. The average molecular weight is 339 g/mol. The molecule has 0 spiro atoms. The maximum absolute atomic E-state index is 14.0. The molecule has 1 aliphatic rings. The third-order valence-corrected chi connectivity index (χ3v) is 4.40. The highest BCUT2D eigenvalue weighted by molar-refractivity contribution is 6.30. The summed E-state index contributed by atoms with van der Waals surface area (Å²) in [4.78, 5) is 12.2. The van der Waals surface area contributed by atoms with Crippen LogP contribution in [-0.4, -0.2) is 39.2 Å². The molecular formula is C15H16ClFN4O2. The Hall–Kier alpha value is -1.99. The fourth-order valence-corrected chi connectivity index (χ4v) is 2.50. The van der Waals surface area contributed by atoms with Crippen LogP contribution in [0.15, 0.2) is 18.2 Å². The van der Waals surface area contributed by atoms with Gasteiger partial charge in [0.15, 0.2) is 5.69 Å². The predicted octanol–water partition coefficient (Wildman–Crippen LogP) is 1.87. The molecule has 2 N–H and O–H groups in total. The van der Waals surface area contributed by atoms with E-state index in [0.29, 0.717) is 12.2 Å². The molecule has 1 heterocycles. The van der Waals surface area contributed by atoms with Crippen molar-refractivity contribution in [3.05, 3.63) is 40.4 Å². The standard InChI is InChI=1S/C15H16ClFN4O2/c1-9-13(14(23)18-7-15(8-22)4-5-15)19-20-21(9)12-3-2-10(16)6-11(12)17/h2-3,6,22H,4-5,7-8H2,1H3,(H,18,23). The second kappa shape index (κ2) is 5.90. The monoisotopic (exact) mass is 338 g/mol. The van der Waals surface area contributed by atoms with E-state index in [1.807, 2.05) is 0 Å². The van der Waals surface area contributed by atoms with Crippen molar-refractivity contribution in [2.75, 3.05) is 13.2 Å². The molecule has 1 aromatic heterocycles. The lowest BCUT2D eigenvalue weighted by atomic mass is 10.1. The Balaban J connectivity index is 1.80. The number of rotatable bonds is 5. The topological polar surface area (TPSA) is 80.0 Å². The van der Waals surface area contributed by atoms with E-state index in [2.05, 4.69) is 15.6 Å². The number of aromatic nitrogens is 3. The van der Waals surface area contributed by atoms with Crippen molar-refractivity contribution < 1.29 is 14.3 Å². The van der Waals surface area contributed by atoms with Crippen LogP contribution in [-0.2, 0) is 0 Å². The molecule has 1 saturated carbocycles. The number of benzene rings is 1. The lowest BCUT2D eigenvalue weighted by molar-refractivity contribution is 0.0929. The smallest absolute Gasteiger partial charge is 0.273 e. The summed E-state index contributed by atoms with van der Waals surface area (Å²) in [6, 6.07) is 4.20. The third-order valence-electron chi connectivity index (χ3n) is 4.16. The number of hydrogen-bond donors (Lipinski definition) is 2. The quantitative estimate of drug-likeness (QED) is 0.872. The van der Waals surface area contributed by atoms with Gasteiger partial charge in [0, 0.05) is 17.0 Å². The van der Waals surface area contributed by atoms with E-state index in [0.717, 1.165) is 12.8 Å². The molecule has 0 aliphatic heterocycles. The summed E-state index contributed by atoms with van der Waals surface area (Å²) in [5, 5.41) is 20.0. The molecule has 0 saturated heterocycles. The molecule has 1 aromatic carbocycles. The van der Waals surface area contributed by atoms with Gasteiger partial charge in [-0.15, -0.1) is 5.10 Å². The van der Waals surface area contributed by atoms with Gasteiger partial charge in [-0.05, 0) is 38.0 Å². The van der Waals surface area contributed by atoms with Crippen LogP contribution in [0.25, 0.3) is 5.69 Å². The number of aliphatic hydroxyl groups excluding tert-OH is 1. The van der Waals surface area contributed by atoms with Crippen molar-refractivity contribution >= 4 is 17.5 Å². The zero-order valence-corrected chi connectivity index (χ0v) is 13.3. The Kier molecular flexibility index (Phi) is 4.08. The molecule has 6 nitrogen and oxygen atoms in total. The number of hydrogen-bond acceptors (Lipinski definition) is 4. The van der Waals surface area contributed by atoms with Crippen LogP contribution < -0.4 is 5.32 Å². The number of carbonyl (C=O) groups excluding carboxylic acids is 1. The van der Waals surface area contributed by atoms with Gasteiger partial charge in [0.25, 0.3) is 5.91 Å². The highest BCUT2D eigenvalue weighted by Crippen LogP contribution is 2.44. The summed E-state index contributed by atoms with van der Waals surface area (Å²) in [5.41, 5.74) is 0.542.